The summed E-state index contributed by atoms with van der Waals surface area (Å²) < 4.78 is 33.7. The van der Waals surface area contributed by atoms with Gasteiger partial charge in [0.15, 0.2) is 0 Å². The molecule has 0 aliphatic carbocycles. The van der Waals surface area contributed by atoms with Crippen LogP contribution in [0.15, 0.2) is 65.6 Å². The number of hydrogen-bond donors (Lipinski definition) is 2. The minimum atomic E-state index is -3.93. The van der Waals surface area contributed by atoms with Crippen molar-refractivity contribution >= 4 is 38.1 Å². The molecular formula is C19H18N2O4S. The van der Waals surface area contributed by atoms with Crippen LogP contribution in [0.3, 0.4) is 0 Å². The molecule has 0 unspecified atom stereocenters. The van der Waals surface area contributed by atoms with E-state index in [0.717, 1.165) is 10.8 Å². The van der Waals surface area contributed by atoms with Gasteiger partial charge in [-0.2, -0.15) is 0 Å². The molecule has 0 aliphatic heterocycles. The first kappa shape index (κ1) is 17.8. The molecule has 7 heteroatoms. The summed E-state index contributed by atoms with van der Waals surface area (Å²) >= 11 is 0. The summed E-state index contributed by atoms with van der Waals surface area (Å²) in [6.45, 7) is 1.35. The van der Waals surface area contributed by atoms with Gasteiger partial charge in [0.2, 0.25) is 5.91 Å². The highest BCUT2D eigenvalue weighted by molar-refractivity contribution is 7.92. The van der Waals surface area contributed by atoms with Crippen LogP contribution in [0.2, 0.25) is 0 Å². The molecule has 134 valence electrons. The maximum atomic E-state index is 13.0. The van der Waals surface area contributed by atoms with E-state index in [1.807, 2.05) is 30.3 Å². The van der Waals surface area contributed by atoms with Gasteiger partial charge < -0.3 is 10.1 Å². The third-order valence-corrected chi connectivity index (χ3v) is 5.19. The molecule has 3 aromatic carbocycles. The van der Waals surface area contributed by atoms with E-state index < -0.39 is 10.0 Å². The highest BCUT2D eigenvalue weighted by Gasteiger charge is 2.21. The summed E-state index contributed by atoms with van der Waals surface area (Å²) in [4.78, 5) is 11.2. The molecule has 3 rings (SSSR count). The van der Waals surface area contributed by atoms with Gasteiger partial charge in [0.1, 0.15) is 10.6 Å². The molecule has 0 aromatic heterocycles. The molecule has 1 amide bonds. The van der Waals surface area contributed by atoms with Gasteiger partial charge >= 0.3 is 0 Å². The number of benzene rings is 3. The van der Waals surface area contributed by atoms with Crippen molar-refractivity contribution in [2.75, 3.05) is 17.1 Å². The summed E-state index contributed by atoms with van der Waals surface area (Å²) in [7, 11) is -2.54. The molecule has 0 aliphatic rings. The van der Waals surface area contributed by atoms with Gasteiger partial charge in [-0.15, -0.1) is 0 Å². The van der Waals surface area contributed by atoms with Crippen LogP contribution in [0, 0.1) is 0 Å². The molecule has 0 fully saturated rings. The van der Waals surface area contributed by atoms with Crippen LogP contribution in [-0.4, -0.2) is 21.4 Å². The fourth-order valence-electron chi connectivity index (χ4n) is 2.68. The number of carbonyl (C=O) groups is 1. The fraction of sp³-hybridized carbons (Fsp3) is 0.105. The highest BCUT2D eigenvalue weighted by Crippen LogP contribution is 2.31. The van der Waals surface area contributed by atoms with Crippen LogP contribution in [0.4, 0.5) is 11.4 Å². The smallest absolute Gasteiger partial charge is 0.265 e. The number of ether oxygens (including phenoxy) is 1. The zero-order valence-electron chi connectivity index (χ0n) is 14.3. The monoisotopic (exact) mass is 370 g/mol. The van der Waals surface area contributed by atoms with Crippen LogP contribution >= 0.6 is 0 Å². The van der Waals surface area contributed by atoms with E-state index in [2.05, 4.69) is 10.0 Å². The minimum Gasteiger partial charge on any atom is -0.495 e. The van der Waals surface area contributed by atoms with Crippen molar-refractivity contribution in [2.45, 2.75) is 11.8 Å². The van der Waals surface area contributed by atoms with E-state index >= 15 is 0 Å². The number of sulfonamides is 1. The number of anilines is 2. The molecule has 0 heterocycles. The van der Waals surface area contributed by atoms with Crippen molar-refractivity contribution in [3.63, 3.8) is 0 Å². The van der Waals surface area contributed by atoms with Crippen molar-refractivity contribution in [2.24, 2.45) is 0 Å². The molecule has 2 N–H and O–H groups in total. The van der Waals surface area contributed by atoms with Crippen LogP contribution in [0.25, 0.3) is 10.8 Å². The largest absolute Gasteiger partial charge is 0.495 e. The molecule has 0 atom stereocenters. The number of amides is 1. The van der Waals surface area contributed by atoms with Gasteiger partial charge in [-0.3, -0.25) is 9.52 Å². The molecule has 6 nitrogen and oxygen atoms in total. The second-order valence-corrected chi connectivity index (χ2v) is 7.33. The first-order chi connectivity index (χ1) is 12.4. The quantitative estimate of drug-likeness (QED) is 0.719. The van der Waals surface area contributed by atoms with Crippen molar-refractivity contribution in [1.29, 1.82) is 0 Å². The molecule has 0 saturated carbocycles. The number of carbonyl (C=O) groups excluding carboxylic acids is 1. The first-order valence-corrected chi connectivity index (χ1v) is 9.35. The van der Waals surface area contributed by atoms with Crippen molar-refractivity contribution in [3.8, 4) is 5.75 Å². The van der Waals surface area contributed by atoms with Crippen molar-refractivity contribution < 1.29 is 17.9 Å². The fourth-order valence-corrected chi connectivity index (χ4v) is 3.96. The highest BCUT2D eigenvalue weighted by atomic mass is 32.2. The van der Waals surface area contributed by atoms with Crippen LogP contribution in [-0.2, 0) is 14.8 Å². The zero-order valence-corrected chi connectivity index (χ0v) is 15.1. The summed E-state index contributed by atoms with van der Waals surface area (Å²) in [5.74, 6) is -0.104. The van der Waals surface area contributed by atoms with E-state index in [-0.39, 0.29) is 16.6 Å². The van der Waals surface area contributed by atoms with Crippen LogP contribution in [0.1, 0.15) is 6.92 Å². The van der Waals surface area contributed by atoms with Crippen LogP contribution < -0.4 is 14.8 Å². The first-order valence-electron chi connectivity index (χ1n) is 7.87. The second-order valence-electron chi connectivity index (χ2n) is 5.68. The van der Waals surface area contributed by atoms with Gasteiger partial charge in [0, 0.05) is 18.0 Å². The van der Waals surface area contributed by atoms with Gasteiger partial charge in [0.25, 0.3) is 10.0 Å². The topological polar surface area (TPSA) is 84.5 Å². The maximum Gasteiger partial charge on any atom is 0.265 e. The van der Waals surface area contributed by atoms with Crippen molar-refractivity contribution in [3.05, 3.63) is 60.7 Å². The third kappa shape index (κ3) is 3.62. The molecule has 3 aromatic rings. The van der Waals surface area contributed by atoms with Gasteiger partial charge in [-0.05, 0) is 29.7 Å². The van der Waals surface area contributed by atoms with Crippen LogP contribution in [0.5, 0.6) is 5.75 Å². The number of nitrogens with one attached hydrogen (secondary N) is 2. The Hall–Kier alpha value is -3.06. The summed E-state index contributed by atoms with van der Waals surface area (Å²) in [6.07, 6.45) is 0. The predicted molar refractivity (Wildman–Crippen MR) is 102 cm³/mol. The number of rotatable bonds is 5. The molecule has 0 spiro atoms. The Balaban J connectivity index is 2.06. The van der Waals surface area contributed by atoms with E-state index in [9.17, 15) is 13.2 Å². The SMILES string of the molecule is COc1ccc(NC(C)=O)cc1S(=O)(=O)Nc1cccc2ccccc12. The number of fused-ring (bicyclic) bond motifs is 1. The predicted octanol–water partition coefficient (Wildman–Crippen LogP) is 3.61. The Morgan fingerprint density at radius 3 is 2.46 bits per heavy atom. The Labute approximate surface area is 151 Å². The molecular weight excluding hydrogens is 352 g/mol. The lowest BCUT2D eigenvalue weighted by Gasteiger charge is -2.14. The van der Waals surface area contributed by atoms with E-state index in [0.29, 0.717) is 11.4 Å². The van der Waals surface area contributed by atoms with Gasteiger partial charge in [-0.25, -0.2) is 8.42 Å². The molecule has 0 saturated heterocycles. The van der Waals surface area contributed by atoms with Gasteiger partial charge in [0.05, 0.1) is 12.8 Å². The standard InChI is InChI=1S/C19H18N2O4S/c1-13(22)20-15-10-11-18(25-2)19(12-15)26(23,24)21-17-9-5-7-14-6-3-4-8-16(14)17/h3-12,21H,1-2H3,(H,20,22). The molecule has 0 bridgehead atoms. The number of hydrogen-bond acceptors (Lipinski definition) is 4. The lowest BCUT2D eigenvalue weighted by Crippen LogP contribution is -2.15. The Morgan fingerprint density at radius 2 is 1.73 bits per heavy atom. The average molecular weight is 370 g/mol. The Bertz CT molecular complexity index is 1070. The summed E-state index contributed by atoms with van der Waals surface area (Å²) in [6, 6.07) is 17.3. The van der Waals surface area contributed by atoms with E-state index in [4.69, 9.17) is 4.74 Å². The second kappa shape index (κ2) is 7.05. The van der Waals surface area contributed by atoms with E-state index in [1.165, 1.54) is 26.2 Å². The zero-order chi connectivity index (χ0) is 18.7. The third-order valence-electron chi connectivity index (χ3n) is 3.81. The van der Waals surface area contributed by atoms with E-state index in [1.54, 1.807) is 18.2 Å². The lowest BCUT2D eigenvalue weighted by molar-refractivity contribution is -0.114. The van der Waals surface area contributed by atoms with Crippen molar-refractivity contribution in [1.82, 2.24) is 0 Å². The summed E-state index contributed by atoms with van der Waals surface area (Å²) in [5, 5.41) is 4.29. The lowest BCUT2D eigenvalue weighted by atomic mass is 10.1. The van der Waals surface area contributed by atoms with Gasteiger partial charge in [-0.1, -0.05) is 36.4 Å². The average Bonchev–Trinajstić information content (AvgIpc) is 2.61. The summed E-state index contributed by atoms with van der Waals surface area (Å²) in [5.41, 5.74) is 0.840. The Morgan fingerprint density at radius 1 is 1.00 bits per heavy atom. The maximum absolute atomic E-state index is 13.0. The normalized spacial score (nSPS) is 11.2. The Kier molecular flexibility index (Phi) is 4.81. The molecule has 26 heavy (non-hydrogen) atoms. The molecule has 0 radical (unpaired) electrons. The minimum absolute atomic E-state index is 0.0563. The number of methoxy groups -OCH3 is 1.